The average molecular weight is 313 g/mol. The number of benzene rings is 1. The molecular formula is C16H25ClN2O2. The van der Waals surface area contributed by atoms with Crippen LogP contribution in [0.4, 0.5) is 0 Å². The van der Waals surface area contributed by atoms with E-state index in [1.165, 1.54) is 5.56 Å². The summed E-state index contributed by atoms with van der Waals surface area (Å²) in [6.07, 6.45) is 5.59. The van der Waals surface area contributed by atoms with E-state index in [0.717, 1.165) is 44.3 Å². The maximum atomic E-state index is 12.0. The Morgan fingerprint density at radius 1 is 1.38 bits per heavy atom. The van der Waals surface area contributed by atoms with Gasteiger partial charge in [0, 0.05) is 6.54 Å². The Balaban J connectivity index is 0.00000220. The van der Waals surface area contributed by atoms with Gasteiger partial charge < -0.3 is 15.8 Å². The van der Waals surface area contributed by atoms with E-state index >= 15 is 0 Å². The van der Waals surface area contributed by atoms with Gasteiger partial charge in [0.2, 0.25) is 5.91 Å². The Morgan fingerprint density at radius 2 is 2.10 bits per heavy atom. The fourth-order valence-electron chi connectivity index (χ4n) is 2.73. The van der Waals surface area contributed by atoms with Crippen molar-refractivity contribution in [1.29, 1.82) is 0 Å². The lowest BCUT2D eigenvalue weighted by Crippen LogP contribution is -2.52. The van der Waals surface area contributed by atoms with Crippen molar-refractivity contribution in [2.24, 2.45) is 5.73 Å². The van der Waals surface area contributed by atoms with Gasteiger partial charge in [-0.25, -0.2) is 0 Å². The van der Waals surface area contributed by atoms with Crippen molar-refractivity contribution in [1.82, 2.24) is 5.32 Å². The first-order valence-corrected chi connectivity index (χ1v) is 7.34. The molecule has 21 heavy (non-hydrogen) atoms. The smallest absolute Gasteiger partial charge is 0.240 e. The predicted octanol–water partition coefficient (Wildman–Crippen LogP) is 2.44. The highest BCUT2D eigenvalue weighted by Gasteiger charge is 2.36. The summed E-state index contributed by atoms with van der Waals surface area (Å²) in [7, 11) is 1.67. The van der Waals surface area contributed by atoms with Crippen molar-refractivity contribution < 1.29 is 9.53 Å². The number of hydrogen-bond acceptors (Lipinski definition) is 3. The molecule has 1 fully saturated rings. The fourth-order valence-corrected chi connectivity index (χ4v) is 2.73. The van der Waals surface area contributed by atoms with E-state index < -0.39 is 5.54 Å². The Hall–Kier alpha value is -1.26. The average Bonchev–Trinajstić information content (AvgIpc) is 2.92. The van der Waals surface area contributed by atoms with Crippen LogP contribution in [0.25, 0.3) is 0 Å². The number of nitrogens with two attached hydrogens (primary N) is 1. The zero-order valence-corrected chi connectivity index (χ0v) is 13.4. The Kier molecular flexibility index (Phi) is 6.99. The molecule has 0 bridgehead atoms. The number of carbonyl (C=O) groups excluding carboxylic acids is 1. The summed E-state index contributed by atoms with van der Waals surface area (Å²) in [5.74, 6) is 0.888. The summed E-state index contributed by atoms with van der Waals surface area (Å²) in [5.41, 5.74) is 6.71. The molecule has 4 nitrogen and oxygen atoms in total. The van der Waals surface area contributed by atoms with Crippen LogP contribution in [0.2, 0.25) is 0 Å². The highest BCUT2D eigenvalue weighted by atomic mass is 35.5. The summed E-state index contributed by atoms with van der Waals surface area (Å²) in [4.78, 5) is 12.0. The SMILES string of the molecule is COc1cccc(CCCNC(=O)C2(N)CCCC2)c1.Cl. The normalized spacial score (nSPS) is 16.1. The van der Waals surface area contributed by atoms with Crippen LogP contribution in [0.3, 0.4) is 0 Å². The van der Waals surface area contributed by atoms with Crippen LogP contribution in [-0.2, 0) is 11.2 Å². The van der Waals surface area contributed by atoms with Gasteiger partial charge in [-0.1, -0.05) is 25.0 Å². The lowest BCUT2D eigenvalue weighted by molar-refractivity contribution is -0.126. The first-order chi connectivity index (χ1) is 9.64. The minimum atomic E-state index is -0.615. The first kappa shape index (κ1) is 17.8. The largest absolute Gasteiger partial charge is 0.497 e. The minimum Gasteiger partial charge on any atom is -0.497 e. The molecule has 1 saturated carbocycles. The topological polar surface area (TPSA) is 64.3 Å². The third-order valence-electron chi connectivity index (χ3n) is 4.01. The number of aryl methyl sites for hydroxylation is 1. The zero-order valence-electron chi connectivity index (χ0n) is 12.6. The number of nitrogens with one attached hydrogen (secondary N) is 1. The highest BCUT2D eigenvalue weighted by Crippen LogP contribution is 2.27. The molecule has 3 N–H and O–H groups in total. The van der Waals surface area contributed by atoms with E-state index in [1.54, 1.807) is 7.11 Å². The molecule has 1 aromatic carbocycles. The third-order valence-corrected chi connectivity index (χ3v) is 4.01. The molecule has 0 radical (unpaired) electrons. The molecule has 0 saturated heterocycles. The second kappa shape index (κ2) is 8.25. The molecule has 1 aliphatic rings. The first-order valence-electron chi connectivity index (χ1n) is 7.34. The monoisotopic (exact) mass is 312 g/mol. The van der Waals surface area contributed by atoms with Crippen LogP contribution in [-0.4, -0.2) is 25.1 Å². The van der Waals surface area contributed by atoms with Gasteiger partial charge in [-0.05, 0) is 43.4 Å². The Bertz CT molecular complexity index is 459. The molecule has 5 heteroatoms. The molecule has 0 aliphatic heterocycles. The summed E-state index contributed by atoms with van der Waals surface area (Å²) in [6, 6.07) is 8.03. The van der Waals surface area contributed by atoms with Crippen LogP contribution < -0.4 is 15.8 Å². The maximum absolute atomic E-state index is 12.0. The predicted molar refractivity (Wildman–Crippen MR) is 87.0 cm³/mol. The van der Waals surface area contributed by atoms with E-state index in [0.29, 0.717) is 6.54 Å². The van der Waals surface area contributed by atoms with Gasteiger partial charge in [-0.2, -0.15) is 0 Å². The molecular weight excluding hydrogens is 288 g/mol. The zero-order chi connectivity index (χ0) is 14.4. The summed E-state index contributed by atoms with van der Waals surface area (Å²) < 4.78 is 5.19. The summed E-state index contributed by atoms with van der Waals surface area (Å²) >= 11 is 0. The Labute approximate surface area is 132 Å². The van der Waals surface area contributed by atoms with Crippen LogP contribution in [0.5, 0.6) is 5.75 Å². The molecule has 2 rings (SSSR count). The van der Waals surface area contributed by atoms with Crippen LogP contribution in [0, 0.1) is 0 Å². The minimum absolute atomic E-state index is 0. The fraction of sp³-hybridized carbons (Fsp3) is 0.562. The lowest BCUT2D eigenvalue weighted by Gasteiger charge is -2.22. The van der Waals surface area contributed by atoms with E-state index in [1.807, 2.05) is 18.2 Å². The van der Waals surface area contributed by atoms with Crippen LogP contribution >= 0.6 is 12.4 Å². The molecule has 1 amide bonds. The van der Waals surface area contributed by atoms with Crippen molar-refractivity contribution in [2.45, 2.75) is 44.1 Å². The molecule has 0 unspecified atom stereocenters. The van der Waals surface area contributed by atoms with Crippen molar-refractivity contribution >= 4 is 18.3 Å². The van der Waals surface area contributed by atoms with Gasteiger partial charge in [-0.3, -0.25) is 4.79 Å². The quantitative estimate of drug-likeness (QED) is 0.793. The number of ether oxygens (including phenoxy) is 1. The summed E-state index contributed by atoms with van der Waals surface area (Å²) in [5, 5.41) is 2.97. The number of rotatable bonds is 6. The number of amides is 1. The van der Waals surface area contributed by atoms with E-state index in [2.05, 4.69) is 11.4 Å². The van der Waals surface area contributed by atoms with Gasteiger partial charge in [0.15, 0.2) is 0 Å². The van der Waals surface area contributed by atoms with E-state index in [-0.39, 0.29) is 18.3 Å². The van der Waals surface area contributed by atoms with Crippen LogP contribution in [0.1, 0.15) is 37.7 Å². The summed E-state index contributed by atoms with van der Waals surface area (Å²) in [6.45, 7) is 0.676. The van der Waals surface area contributed by atoms with Gasteiger partial charge in [0.25, 0.3) is 0 Å². The van der Waals surface area contributed by atoms with Gasteiger partial charge in [-0.15, -0.1) is 12.4 Å². The number of hydrogen-bond donors (Lipinski definition) is 2. The highest BCUT2D eigenvalue weighted by molar-refractivity contribution is 5.86. The molecule has 0 heterocycles. The van der Waals surface area contributed by atoms with Crippen LogP contribution in [0.15, 0.2) is 24.3 Å². The molecule has 1 aliphatic carbocycles. The second-order valence-corrected chi connectivity index (χ2v) is 5.57. The molecule has 0 spiro atoms. The van der Waals surface area contributed by atoms with E-state index in [9.17, 15) is 4.79 Å². The molecule has 118 valence electrons. The lowest BCUT2D eigenvalue weighted by atomic mass is 9.98. The van der Waals surface area contributed by atoms with Crippen molar-refractivity contribution in [2.75, 3.05) is 13.7 Å². The number of carbonyl (C=O) groups is 1. The third kappa shape index (κ3) is 4.90. The number of methoxy groups -OCH3 is 1. The van der Waals surface area contributed by atoms with Crippen molar-refractivity contribution in [3.63, 3.8) is 0 Å². The molecule has 1 aromatic rings. The van der Waals surface area contributed by atoms with E-state index in [4.69, 9.17) is 10.5 Å². The van der Waals surface area contributed by atoms with Crippen molar-refractivity contribution in [3.05, 3.63) is 29.8 Å². The second-order valence-electron chi connectivity index (χ2n) is 5.57. The van der Waals surface area contributed by atoms with Gasteiger partial charge in [0.1, 0.15) is 5.75 Å². The van der Waals surface area contributed by atoms with Crippen molar-refractivity contribution in [3.8, 4) is 5.75 Å². The van der Waals surface area contributed by atoms with Gasteiger partial charge in [0.05, 0.1) is 12.6 Å². The molecule has 0 aromatic heterocycles. The number of halogens is 1. The maximum Gasteiger partial charge on any atom is 0.240 e. The van der Waals surface area contributed by atoms with Gasteiger partial charge >= 0.3 is 0 Å². The Morgan fingerprint density at radius 3 is 2.76 bits per heavy atom. The molecule has 0 atom stereocenters. The standard InChI is InChI=1S/C16H24N2O2.ClH/c1-20-14-8-4-6-13(12-14)7-5-11-18-15(19)16(17)9-2-3-10-16;/h4,6,8,12H,2-3,5,7,9-11,17H2,1H3,(H,18,19);1H.